The lowest BCUT2D eigenvalue weighted by Gasteiger charge is -2.27. The molecule has 1 aromatic heterocycles. The molecular formula is C17H26N4O2. The second kappa shape index (κ2) is 8.26. The number of aromatic nitrogens is 1. The molecule has 3 rings (SSSR count). The van der Waals surface area contributed by atoms with Gasteiger partial charge < -0.3 is 19.9 Å². The fraction of sp³-hybridized carbons (Fsp3) is 0.647. The number of morpholine rings is 1. The van der Waals surface area contributed by atoms with Crippen molar-refractivity contribution < 1.29 is 9.53 Å². The van der Waals surface area contributed by atoms with Gasteiger partial charge in [0.25, 0.3) is 0 Å². The van der Waals surface area contributed by atoms with Crippen molar-refractivity contribution in [3.05, 3.63) is 24.4 Å². The average molecular weight is 318 g/mol. The van der Waals surface area contributed by atoms with E-state index in [0.717, 1.165) is 45.1 Å². The highest BCUT2D eigenvalue weighted by atomic mass is 16.5. The van der Waals surface area contributed by atoms with Crippen molar-refractivity contribution >= 4 is 11.7 Å². The standard InChI is InChI=1S/C17H26N4O2/c22-17(21-9-11-23-12-10-21)5-8-20-7-4-15(14-20)13-19-16-3-1-2-6-18-16/h1-3,6,15H,4-5,7-14H2,(H,18,19)/t15-/m1/s1. The molecule has 6 heteroatoms. The van der Waals surface area contributed by atoms with Gasteiger partial charge in [-0.2, -0.15) is 0 Å². The zero-order valence-electron chi connectivity index (χ0n) is 13.6. The van der Waals surface area contributed by atoms with Crippen LogP contribution in [0.4, 0.5) is 5.82 Å². The maximum Gasteiger partial charge on any atom is 0.224 e. The zero-order chi connectivity index (χ0) is 15.9. The SMILES string of the molecule is O=C(CCN1CC[C@H](CNc2ccccn2)C1)N1CCOCC1. The third kappa shape index (κ3) is 4.91. The number of nitrogens with zero attached hydrogens (tertiary/aromatic N) is 3. The third-order valence-corrected chi connectivity index (χ3v) is 4.61. The Morgan fingerprint density at radius 1 is 1.30 bits per heavy atom. The number of carbonyl (C=O) groups excluding carboxylic acids is 1. The van der Waals surface area contributed by atoms with Gasteiger partial charge in [-0.15, -0.1) is 0 Å². The molecule has 1 N–H and O–H groups in total. The molecule has 0 saturated carbocycles. The number of rotatable bonds is 6. The fourth-order valence-corrected chi connectivity index (χ4v) is 3.22. The second-order valence-corrected chi connectivity index (χ2v) is 6.29. The van der Waals surface area contributed by atoms with Crippen molar-refractivity contribution in [2.45, 2.75) is 12.8 Å². The lowest BCUT2D eigenvalue weighted by Crippen LogP contribution is -2.41. The summed E-state index contributed by atoms with van der Waals surface area (Å²) in [5, 5.41) is 3.40. The molecule has 0 spiro atoms. The first-order chi connectivity index (χ1) is 11.3. The van der Waals surface area contributed by atoms with Gasteiger partial charge in [-0.25, -0.2) is 4.98 Å². The van der Waals surface area contributed by atoms with E-state index < -0.39 is 0 Å². The molecule has 0 aromatic carbocycles. The van der Waals surface area contributed by atoms with E-state index in [1.54, 1.807) is 6.20 Å². The van der Waals surface area contributed by atoms with E-state index in [2.05, 4.69) is 15.2 Å². The molecule has 23 heavy (non-hydrogen) atoms. The number of amides is 1. The van der Waals surface area contributed by atoms with E-state index in [0.29, 0.717) is 25.6 Å². The average Bonchev–Trinajstić information content (AvgIpc) is 3.07. The molecule has 0 unspecified atom stereocenters. The summed E-state index contributed by atoms with van der Waals surface area (Å²) < 4.78 is 5.29. The minimum Gasteiger partial charge on any atom is -0.378 e. The van der Waals surface area contributed by atoms with Gasteiger partial charge in [-0.05, 0) is 31.0 Å². The molecule has 0 aliphatic carbocycles. The van der Waals surface area contributed by atoms with Crippen LogP contribution in [0.1, 0.15) is 12.8 Å². The van der Waals surface area contributed by atoms with Crippen LogP contribution in [-0.2, 0) is 9.53 Å². The van der Waals surface area contributed by atoms with E-state index in [1.165, 1.54) is 6.42 Å². The Bertz CT molecular complexity index is 491. The van der Waals surface area contributed by atoms with Crippen molar-refractivity contribution in [1.82, 2.24) is 14.8 Å². The number of pyridine rings is 1. The lowest BCUT2D eigenvalue weighted by molar-refractivity contribution is -0.135. The van der Waals surface area contributed by atoms with Crippen molar-refractivity contribution in [1.29, 1.82) is 0 Å². The summed E-state index contributed by atoms with van der Waals surface area (Å²) in [7, 11) is 0. The molecule has 2 aliphatic rings. The van der Waals surface area contributed by atoms with Crippen molar-refractivity contribution in [3.63, 3.8) is 0 Å². The van der Waals surface area contributed by atoms with Crippen LogP contribution >= 0.6 is 0 Å². The summed E-state index contributed by atoms with van der Waals surface area (Å²) in [5.41, 5.74) is 0. The van der Waals surface area contributed by atoms with Crippen LogP contribution < -0.4 is 5.32 Å². The van der Waals surface area contributed by atoms with Gasteiger partial charge in [0, 0.05) is 45.3 Å². The molecule has 1 atom stereocenters. The monoisotopic (exact) mass is 318 g/mol. The van der Waals surface area contributed by atoms with E-state index in [9.17, 15) is 4.79 Å². The number of anilines is 1. The van der Waals surface area contributed by atoms with Gasteiger partial charge in [0.2, 0.25) is 5.91 Å². The van der Waals surface area contributed by atoms with Crippen LogP contribution in [-0.4, -0.2) is 73.2 Å². The Labute approximate surface area is 137 Å². The van der Waals surface area contributed by atoms with Crippen LogP contribution in [0.3, 0.4) is 0 Å². The Morgan fingerprint density at radius 3 is 2.96 bits per heavy atom. The molecule has 2 fully saturated rings. The predicted molar refractivity (Wildman–Crippen MR) is 89.3 cm³/mol. The highest BCUT2D eigenvalue weighted by Gasteiger charge is 2.24. The Kier molecular flexibility index (Phi) is 5.82. The normalized spacial score (nSPS) is 22.3. The third-order valence-electron chi connectivity index (χ3n) is 4.61. The molecule has 126 valence electrons. The summed E-state index contributed by atoms with van der Waals surface area (Å²) in [6.45, 7) is 6.82. The Morgan fingerprint density at radius 2 is 2.17 bits per heavy atom. The largest absolute Gasteiger partial charge is 0.378 e. The molecule has 0 bridgehead atoms. The molecule has 2 saturated heterocycles. The maximum absolute atomic E-state index is 12.2. The highest BCUT2D eigenvalue weighted by Crippen LogP contribution is 2.17. The zero-order valence-corrected chi connectivity index (χ0v) is 13.6. The molecule has 2 aliphatic heterocycles. The number of likely N-dealkylation sites (tertiary alicyclic amines) is 1. The van der Waals surface area contributed by atoms with Gasteiger partial charge in [-0.3, -0.25) is 4.79 Å². The molecular weight excluding hydrogens is 292 g/mol. The quantitative estimate of drug-likeness (QED) is 0.850. The lowest BCUT2D eigenvalue weighted by atomic mass is 10.1. The van der Waals surface area contributed by atoms with Gasteiger partial charge >= 0.3 is 0 Å². The van der Waals surface area contributed by atoms with Crippen LogP contribution in [0, 0.1) is 5.92 Å². The summed E-state index contributed by atoms with van der Waals surface area (Å²) in [4.78, 5) is 20.8. The molecule has 3 heterocycles. The minimum atomic E-state index is 0.267. The van der Waals surface area contributed by atoms with Crippen molar-refractivity contribution in [2.75, 3.05) is 57.8 Å². The van der Waals surface area contributed by atoms with Gasteiger partial charge in [0.15, 0.2) is 0 Å². The van der Waals surface area contributed by atoms with E-state index in [-0.39, 0.29) is 5.91 Å². The maximum atomic E-state index is 12.2. The Hall–Kier alpha value is -1.66. The number of nitrogens with one attached hydrogen (secondary N) is 1. The van der Waals surface area contributed by atoms with Gasteiger partial charge in [0.1, 0.15) is 5.82 Å². The molecule has 1 amide bonds. The number of carbonyl (C=O) groups is 1. The molecule has 1 aromatic rings. The first-order valence-corrected chi connectivity index (χ1v) is 8.54. The number of hydrogen-bond acceptors (Lipinski definition) is 5. The van der Waals surface area contributed by atoms with Crippen molar-refractivity contribution in [2.24, 2.45) is 5.92 Å². The smallest absolute Gasteiger partial charge is 0.224 e. The minimum absolute atomic E-state index is 0.267. The van der Waals surface area contributed by atoms with Crippen molar-refractivity contribution in [3.8, 4) is 0 Å². The highest BCUT2D eigenvalue weighted by molar-refractivity contribution is 5.76. The molecule has 6 nitrogen and oxygen atoms in total. The second-order valence-electron chi connectivity index (χ2n) is 6.29. The summed E-state index contributed by atoms with van der Waals surface area (Å²) >= 11 is 0. The van der Waals surface area contributed by atoms with Crippen LogP contribution in [0.25, 0.3) is 0 Å². The van der Waals surface area contributed by atoms with E-state index in [4.69, 9.17) is 4.74 Å². The van der Waals surface area contributed by atoms with Gasteiger partial charge in [0.05, 0.1) is 13.2 Å². The fourth-order valence-electron chi connectivity index (χ4n) is 3.22. The first-order valence-electron chi connectivity index (χ1n) is 8.54. The number of ether oxygens (including phenoxy) is 1. The van der Waals surface area contributed by atoms with E-state index in [1.807, 2.05) is 23.1 Å². The summed E-state index contributed by atoms with van der Waals surface area (Å²) in [5.74, 6) is 1.84. The molecule has 0 radical (unpaired) electrons. The topological polar surface area (TPSA) is 57.7 Å². The summed E-state index contributed by atoms with van der Waals surface area (Å²) in [6, 6.07) is 5.91. The Balaban J connectivity index is 1.34. The van der Waals surface area contributed by atoms with Crippen LogP contribution in [0.5, 0.6) is 0 Å². The van der Waals surface area contributed by atoms with Gasteiger partial charge in [-0.1, -0.05) is 6.07 Å². The number of hydrogen-bond donors (Lipinski definition) is 1. The predicted octanol–water partition coefficient (Wildman–Crippen LogP) is 1.06. The van der Waals surface area contributed by atoms with Crippen LogP contribution in [0.15, 0.2) is 24.4 Å². The first kappa shape index (κ1) is 16.2. The van der Waals surface area contributed by atoms with Crippen LogP contribution in [0.2, 0.25) is 0 Å². The summed E-state index contributed by atoms with van der Waals surface area (Å²) in [6.07, 6.45) is 3.62. The van der Waals surface area contributed by atoms with E-state index >= 15 is 0 Å².